The molecule has 0 bridgehead atoms. The highest BCUT2D eigenvalue weighted by Crippen LogP contribution is 2.34. The van der Waals surface area contributed by atoms with Gasteiger partial charge in [-0.25, -0.2) is 16.8 Å². The average Bonchev–Trinajstić information content (AvgIpc) is 3.08. The summed E-state index contributed by atoms with van der Waals surface area (Å²) in [6.45, 7) is 2.23. The van der Waals surface area contributed by atoms with Crippen LogP contribution < -0.4 is 9.03 Å². The average molecular weight is 401 g/mol. The monoisotopic (exact) mass is 400 g/mol. The molecule has 25 heavy (non-hydrogen) atoms. The largest absolute Gasteiger partial charge is 0.284 e. The van der Waals surface area contributed by atoms with E-state index in [1.807, 2.05) is 0 Å². The maximum absolute atomic E-state index is 12.8. The number of benzene rings is 1. The summed E-state index contributed by atoms with van der Waals surface area (Å²) in [4.78, 5) is 0. The van der Waals surface area contributed by atoms with Crippen LogP contribution in [0.4, 0.5) is 11.4 Å². The van der Waals surface area contributed by atoms with Crippen LogP contribution in [-0.2, 0) is 26.5 Å². The molecule has 0 spiro atoms. The molecule has 1 aliphatic heterocycles. The molecule has 0 atom stereocenters. The van der Waals surface area contributed by atoms with Crippen molar-refractivity contribution in [3.63, 3.8) is 0 Å². The summed E-state index contributed by atoms with van der Waals surface area (Å²) in [6.07, 6.45) is 1.95. The van der Waals surface area contributed by atoms with Gasteiger partial charge in [0.05, 0.1) is 11.4 Å². The Balaban J connectivity index is 1.93. The van der Waals surface area contributed by atoms with E-state index >= 15 is 0 Å². The number of thiophene rings is 1. The van der Waals surface area contributed by atoms with Gasteiger partial charge < -0.3 is 0 Å². The maximum atomic E-state index is 12.8. The zero-order valence-corrected chi connectivity index (χ0v) is 16.3. The predicted molar refractivity (Wildman–Crippen MR) is 101 cm³/mol. The lowest BCUT2D eigenvalue weighted by atomic mass is 10.0. The van der Waals surface area contributed by atoms with E-state index in [-0.39, 0.29) is 5.75 Å². The molecule has 0 saturated heterocycles. The molecule has 136 valence electrons. The second kappa shape index (κ2) is 6.97. The summed E-state index contributed by atoms with van der Waals surface area (Å²) in [6, 6.07) is 8.35. The molecule has 0 unspecified atom stereocenters. The summed E-state index contributed by atoms with van der Waals surface area (Å²) >= 11 is 1.19. The van der Waals surface area contributed by atoms with Gasteiger partial charge in [-0.05, 0) is 54.5 Å². The van der Waals surface area contributed by atoms with Gasteiger partial charge in [0.2, 0.25) is 10.0 Å². The van der Waals surface area contributed by atoms with Gasteiger partial charge in [-0.3, -0.25) is 9.03 Å². The van der Waals surface area contributed by atoms with Gasteiger partial charge in [-0.2, -0.15) is 0 Å². The maximum Gasteiger partial charge on any atom is 0.273 e. The van der Waals surface area contributed by atoms with Crippen LogP contribution in [-0.4, -0.2) is 29.1 Å². The van der Waals surface area contributed by atoms with Crippen LogP contribution in [0.3, 0.4) is 0 Å². The molecule has 0 saturated carbocycles. The van der Waals surface area contributed by atoms with Crippen LogP contribution in [0.5, 0.6) is 0 Å². The first-order valence-electron chi connectivity index (χ1n) is 8.03. The number of hydrogen-bond acceptors (Lipinski definition) is 5. The Hall–Kier alpha value is -1.58. The molecule has 9 heteroatoms. The fraction of sp³-hybridized carbons (Fsp3) is 0.375. The van der Waals surface area contributed by atoms with Crippen molar-refractivity contribution in [2.75, 3.05) is 21.3 Å². The van der Waals surface area contributed by atoms with Crippen LogP contribution in [0.15, 0.2) is 39.9 Å². The Morgan fingerprint density at radius 3 is 2.68 bits per heavy atom. The van der Waals surface area contributed by atoms with Crippen molar-refractivity contribution in [2.24, 2.45) is 0 Å². The van der Waals surface area contributed by atoms with Crippen LogP contribution in [0.2, 0.25) is 0 Å². The number of rotatable bonds is 6. The Morgan fingerprint density at radius 2 is 2.00 bits per heavy atom. The first-order valence-corrected chi connectivity index (χ1v) is 12.0. The van der Waals surface area contributed by atoms with Crippen molar-refractivity contribution in [1.29, 1.82) is 0 Å². The first-order chi connectivity index (χ1) is 11.8. The van der Waals surface area contributed by atoms with Gasteiger partial charge in [0, 0.05) is 12.2 Å². The predicted octanol–water partition coefficient (Wildman–Crippen LogP) is 3.04. The van der Waals surface area contributed by atoms with Gasteiger partial charge in [-0.15, -0.1) is 11.3 Å². The molecule has 6 nitrogen and oxygen atoms in total. The molecule has 1 aromatic heterocycles. The molecule has 0 aliphatic carbocycles. The smallest absolute Gasteiger partial charge is 0.273 e. The number of nitrogens with one attached hydrogen (secondary N) is 1. The Morgan fingerprint density at radius 1 is 1.20 bits per heavy atom. The second-order valence-corrected chi connectivity index (χ2v) is 10.8. The van der Waals surface area contributed by atoms with Crippen molar-refractivity contribution < 1.29 is 16.8 Å². The van der Waals surface area contributed by atoms with Crippen molar-refractivity contribution in [2.45, 2.75) is 30.4 Å². The molecular weight excluding hydrogens is 380 g/mol. The van der Waals surface area contributed by atoms with Gasteiger partial charge in [0.25, 0.3) is 10.0 Å². The number of aryl methyl sites for hydroxylation is 1. The third-order valence-electron chi connectivity index (χ3n) is 3.94. The third kappa shape index (κ3) is 3.83. The minimum Gasteiger partial charge on any atom is -0.284 e. The van der Waals surface area contributed by atoms with Gasteiger partial charge >= 0.3 is 0 Å². The molecule has 1 aliphatic rings. The molecule has 0 fully saturated rings. The quantitative estimate of drug-likeness (QED) is 0.808. The van der Waals surface area contributed by atoms with E-state index in [0.717, 1.165) is 12.0 Å². The lowest BCUT2D eigenvalue weighted by Crippen LogP contribution is -2.35. The molecule has 1 N–H and O–H groups in total. The van der Waals surface area contributed by atoms with Crippen molar-refractivity contribution in [3.05, 3.63) is 41.3 Å². The highest BCUT2D eigenvalue weighted by atomic mass is 32.2. The SMILES string of the molecule is CCCS(=O)(=O)Nc1ccc2c(c1)CCCN2S(=O)(=O)c1cccs1. The van der Waals surface area contributed by atoms with Crippen molar-refractivity contribution in [1.82, 2.24) is 0 Å². The Bertz CT molecular complexity index is 951. The topological polar surface area (TPSA) is 83.6 Å². The zero-order valence-electron chi connectivity index (χ0n) is 13.8. The first kappa shape index (κ1) is 18.2. The van der Waals surface area contributed by atoms with Gasteiger partial charge in [-0.1, -0.05) is 13.0 Å². The van der Waals surface area contributed by atoms with E-state index in [2.05, 4.69) is 4.72 Å². The number of sulfonamides is 2. The van der Waals surface area contributed by atoms with E-state index in [1.165, 1.54) is 15.6 Å². The summed E-state index contributed by atoms with van der Waals surface area (Å²) < 4.78 is 53.8. The summed E-state index contributed by atoms with van der Waals surface area (Å²) in [7, 11) is -6.94. The number of nitrogens with zero attached hydrogens (tertiary/aromatic N) is 1. The third-order valence-corrected chi connectivity index (χ3v) is 8.62. The van der Waals surface area contributed by atoms with E-state index < -0.39 is 20.0 Å². The normalized spacial score (nSPS) is 15.0. The number of hydrogen-bond donors (Lipinski definition) is 1. The molecule has 2 aromatic rings. The minimum atomic E-state index is -3.58. The number of anilines is 2. The van der Waals surface area contributed by atoms with Crippen molar-refractivity contribution in [3.8, 4) is 0 Å². The highest BCUT2D eigenvalue weighted by molar-refractivity contribution is 7.94. The van der Waals surface area contributed by atoms with Crippen molar-refractivity contribution >= 4 is 42.8 Å². The van der Waals surface area contributed by atoms with Crippen LogP contribution >= 0.6 is 11.3 Å². The van der Waals surface area contributed by atoms with Gasteiger partial charge in [0.15, 0.2) is 0 Å². The summed E-state index contributed by atoms with van der Waals surface area (Å²) in [5, 5.41) is 1.74. The Labute approximate surface area is 152 Å². The van der Waals surface area contributed by atoms with E-state index in [1.54, 1.807) is 42.6 Å². The number of fused-ring (bicyclic) bond motifs is 1. The van der Waals surface area contributed by atoms with Crippen LogP contribution in [0.25, 0.3) is 0 Å². The fourth-order valence-electron chi connectivity index (χ4n) is 2.89. The van der Waals surface area contributed by atoms with E-state index in [9.17, 15) is 16.8 Å². The van der Waals surface area contributed by atoms with Crippen LogP contribution in [0.1, 0.15) is 25.3 Å². The summed E-state index contributed by atoms with van der Waals surface area (Å²) in [5.41, 5.74) is 1.93. The minimum absolute atomic E-state index is 0.0585. The molecular formula is C16H20N2O4S3. The van der Waals surface area contributed by atoms with E-state index in [0.29, 0.717) is 35.0 Å². The lowest BCUT2D eigenvalue weighted by Gasteiger charge is -2.30. The van der Waals surface area contributed by atoms with E-state index in [4.69, 9.17) is 0 Å². The molecule has 3 rings (SSSR count). The van der Waals surface area contributed by atoms with Gasteiger partial charge in [0.1, 0.15) is 4.21 Å². The highest BCUT2D eigenvalue weighted by Gasteiger charge is 2.30. The summed E-state index contributed by atoms with van der Waals surface area (Å²) in [5.74, 6) is 0.0585. The Kier molecular flexibility index (Phi) is 5.08. The molecule has 0 radical (unpaired) electrons. The molecule has 0 amide bonds. The second-order valence-electron chi connectivity index (χ2n) is 5.88. The van der Waals surface area contributed by atoms with Crippen LogP contribution in [0, 0.1) is 0 Å². The standard InChI is InChI=1S/C16H20N2O4S3/c1-2-11-24(19,20)17-14-7-8-15-13(12-14)5-3-9-18(15)25(21,22)16-6-4-10-23-16/h4,6-8,10,12,17H,2-3,5,9,11H2,1H3. The zero-order chi connectivity index (χ0) is 18.1. The molecule has 2 heterocycles. The fourth-order valence-corrected chi connectivity index (χ4v) is 6.67. The molecule has 1 aromatic carbocycles. The lowest BCUT2D eigenvalue weighted by molar-refractivity contribution is 0.588.